The molecule has 0 bridgehead atoms. The van der Waals surface area contributed by atoms with Crippen molar-refractivity contribution in [3.63, 3.8) is 0 Å². The average molecular weight is 476 g/mol. The molecule has 5 heteroatoms. The zero-order valence-corrected chi connectivity index (χ0v) is 20.9. The number of benzene rings is 3. The Morgan fingerprint density at radius 3 is 2.03 bits per heavy atom. The van der Waals surface area contributed by atoms with Crippen LogP contribution in [-0.4, -0.2) is 54.5 Å². The number of rotatable bonds is 10. The van der Waals surface area contributed by atoms with Crippen LogP contribution in [0.2, 0.25) is 5.02 Å². The minimum absolute atomic E-state index is 0.0418. The van der Waals surface area contributed by atoms with Gasteiger partial charge in [0.25, 0.3) is 5.91 Å². The van der Waals surface area contributed by atoms with Gasteiger partial charge in [0, 0.05) is 42.8 Å². The molecule has 1 aliphatic rings. The molecule has 0 atom stereocenters. The highest BCUT2D eigenvalue weighted by Gasteiger charge is 2.29. The van der Waals surface area contributed by atoms with Gasteiger partial charge in [0.2, 0.25) is 0 Å². The van der Waals surface area contributed by atoms with Crippen molar-refractivity contribution in [2.75, 3.05) is 32.7 Å². The summed E-state index contributed by atoms with van der Waals surface area (Å²) >= 11 is 5.96. The van der Waals surface area contributed by atoms with E-state index in [-0.39, 0.29) is 5.91 Å². The Morgan fingerprint density at radius 2 is 1.44 bits per heavy atom. The van der Waals surface area contributed by atoms with Crippen LogP contribution in [0.1, 0.15) is 35.3 Å². The number of halogens is 1. The largest absolute Gasteiger partial charge is 0.352 e. The number of amides is 1. The standard InChI is InChI=1S/C29H34ClN3O/c1-3-33(4-2)28-20-32(21-28)19-23-7-5-22(6-8-23)17-18-31-29(34)26-11-9-24(10-12-26)25-13-15-27(30)16-14-25/h5-16,28H,3-4,17-21H2,1-2H3,(H,31,34). The molecule has 3 aromatic carbocycles. The van der Waals surface area contributed by atoms with Crippen LogP contribution < -0.4 is 5.32 Å². The molecule has 34 heavy (non-hydrogen) atoms. The summed E-state index contributed by atoms with van der Waals surface area (Å²) in [5.41, 5.74) is 5.41. The maximum absolute atomic E-state index is 12.5. The summed E-state index contributed by atoms with van der Waals surface area (Å²) in [6.07, 6.45) is 0.822. The van der Waals surface area contributed by atoms with Crippen LogP contribution in [0.25, 0.3) is 11.1 Å². The van der Waals surface area contributed by atoms with Crippen molar-refractivity contribution in [2.45, 2.75) is 32.9 Å². The highest BCUT2D eigenvalue weighted by molar-refractivity contribution is 6.30. The van der Waals surface area contributed by atoms with Gasteiger partial charge < -0.3 is 5.32 Å². The Hall–Kier alpha value is -2.66. The molecular weight excluding hydrogens is 442 g/mol. The molecule has 1 heterocycles. The number of carbonyl (C=O) groups excluding carboxylic acids is 1. The summed E-state index contributed by atoms with van der Waals surface area (Å²) in [5.74, 6) is -0.0418. The van der Waals surface area contributed by atoms with E-state index in [4.69, 9.17) is 11.6 Å². The zero-order chi connectivity index (χ0) is 23.9. The maximum Gasteiger partial charge on any atom is 0.251 e. The Labute approximate surface area is 208 Å². The van der Waals surface area contributed by atoms with Crippen molar-refractivity contribution in [3.8, 4) is 11.1 Å². The van der Waals surface area contributed by atoms with E-state index in [1.165, 1.54) is 11.1 Å². The molecule has 178 valence electrons. The number of nitrogens with one attached hydrogen (secondary N) is 1. The lowest BCUT2D eigenvalue weighted by atomic mass is 10.0. The van der Waals surface area contributed by atoms with Crippen molar-refractivity contribution >= 4 is 17.5 Å². The van der Waals surface area contributed by atoms with Gasteiger partial charge in [-0.2, -0.15) is 0 Å². The Morgan fingerprint density at radius 1 is 0.882 bits per heavy atom. The zero-order valence-electron chi connectivity index (χ0n) is 20.1. The molecule has 1 amide bonds. The number of carbonyl (C=O) groups is 1. The second kappa shape index (κ2) is 11.7. The van der Waals surface area contributed by atoms with Crippen molar-refractivity contribution in [3.05, 3.63) is 94.5 Å². The van der Waals surface area contributed by atoms with Crippen molar-refractivity contribution in [1.82, 2.24) is 15.1 Å². The summed E-state index contributed by atoms with van der Waals surface area (Å²) in [6.45, 7) is 10.7. The van der Waals surface area contributed by atoms with Crippen molar-refractivity contribution in [1.29, 1.82) is 0 Å². The molecule has 1 fully saturated rings. The first-order valence-electron chi connectivity index (χ1n) is 12.2. The molecule has 4 nitrogen and oxygen atoms in total. The summed E-state index contributed by atoms with van der Waals surface area (Å²) in [4.78, 5) is 17.6. The lowest BCUT2D eigenvalue weighted by Crippen LogP contribution is -2.58. The fraction of sp³-hybridized carbons (Fsp3) is 0.345. The van der Waals surface area contributed by atoms with E-state index < -0.39 is 0 Å². The number of nitrogens with zero attached hydrogens (tertiary/aromatic N) is 2. The fourth-order valence-corrected chi connectivity index (χ4v) is 4.72. The Kier molecular flexibility index (Phi) is 8.39. The first-order chi connectivity index (χ1) is 16.6. The highest BCUT2D eigenvalue weighted by Crippen LogP contribution is 2.22. The van der Waals surface area contributed by atoms with Gasteiger partial charge in [-0.25, -0.2) is 0 Å². The van der Waals surface area contributed by atoms with Crippen molar-refractivity contribution < 1.29 is 4.79 Å². The van der Waals surface area contributed by atoms with Crippen LogP contribution in [0.3, 0.4) is 0 Å². The third-order valence-corrected chi connectivity index (χ3v) is 6.97. The molecule has 0 radical (unpaired) electrons. The first-order valence-corrected chi connectivity index (χ1v) is 12.6. The van der Waals surface area contributed by atoms with Gasteiger partial charge in [0.15, 0.2) is 0 Å². The van der Waals surface area contributed by atoms with Gasteiger partial charge in [0.1, 0.15) is 0 Å². The topological polar surface area (TPSA) is 35.6 Å². The Bertz CT molecular complexity index is 1050. The van der Waals surface area contributed by atoms with Crippen LogP contribution in [0.4, 0.5) is 0 Å². The number of likely N-dealkylation sites (N-methyl/N-ethyl adjacent to an activating group) is 1. The molecule has 0 spiro atoms. The molecule has 3 aromatic rings. The summed E-state index contributed by atoms with van der Waals surface area (Å²) in [5, 5.41) is 3.75. The predicted molar refractivity (Wildman–Crippen MR) is 141 cm³/mol. The van der Waals surface area contributed by atoms with Gasteiger partial charge in [-0.15, -0.1) is 0 Å². The lowest BCUT2D eigenvalue weighted by molar-refractivity contribution is 0.0345. The third kappa shape index (κ3) is 6.26. The minimum atomic E-state index is -0.0418. The summed E-state index contributed by atoms with van der Waals surface area (Å²) in [7, 11) is 0. The lowest BCUT2D eigenvalue weighted by Gasteiger charge is -2.45. The van der Waals surface area contributed by atoms with Gasteiger partial charge >= 0.3 is 0 Å². The number of hydrogen-bond donors (Lipinski definition) is 1. The third-order valence-electron chi connectivity index (χ3n) is 6.72. The quantitative estimate of drug-likeness (QED) is 0.420. The van der Waals surface area contributed by atoms with Crippen LogP contribution in [0.15, 0.2) is 72.8 Å². The molecule has 0 unspecified atom stereocenters. The van der Waals surface area contributed by atoms with Gasteiger partial charge in [0.05, 0.1) is 0 Å². The minimum Gasteiger partial charge on any atom is -0.352 e. The van der Waals surface area contributed by atoms with E-state index in [1.54, 1.807) is 0 Å². The van der Waals surface area contributed by atoms with Crippen LogP contribution in [0, 0.1) is 0 Å². The van der Waals surface area contributed by atoms with Crippen molar-refractivity contribution in [2.24, 2.45) is 0 Å². The van der Waals surface area contributed by atoms with Crippen LogP contribution >= 0.6 is 11.6 Å². The SMILES string of the molecule is CCN(CC)C1CN(Cc2ccc(CCNC(=O)c3ccc(-c4ccc(Cl)cc4)cc3)cc2)C1. The second-order valence-electron chi connectivity index (χ2n) is 8.98. The highest BCUT2D eigenvalue weighted by atomic mass is 35.5. The number of likely N-dealkylation sites (tertiary alicyclic amines) is 1. The van der Waals surface area contributed by atoms with Gasteiger partial charge in [-0.3, -0.25) is 14.6 Å². The molecule has 0 aromatic heterocycles. The van der Waals surface area contributed by atoms with Gasteiger partial charge in [-0.05, 0) is 66.0 Å². The first kappa shape index (κ1) is 24.5. The fourth-order valence-electron chi connectivity index (χ4n) is 4.59. The maximum atomic E-state index is 12.5. The van der Waals surface area contributed by atoms with Crippen LogP contribution in [0.5, 0.6) is 0 Å². The predicted octanol–water partition coefficient (Wildman–Crippen LogP) is 5.51. The number of hydrogen-bond acceptors (Lipinski definition) is 3. The molecule has 1 saturated heterocycles. The van der Waals surface area contributed by atoms with E-state index in [2.05, 4.69) is 53.2 Å². The molecule has 0 aliphatic carbocycles. The smallest absolute Gasteiger partial charge is 0.251 e. The molecule has 4 rings (SSSR count). The normalized spacial score (nSPS) is 14.2. The molecule has 1 N–H and O–H groups in total. The van der Waals surface area contributed by atoms with Gasteiger partial charge in [-0.1, -0.05) is 74.0 Å². The van der Waals surface area contributed by atoms with E-state index in [1.807, 2.05) is 48.5 Å². The Balaban J connectivity index is 1.20. The van der Waals surface area contributed by atoms with E-state index >= 15 is 0 Å². The second-order valence-corrected chi connectivity index (χ2v) is 9.41. The van der Waals surface area contributed by atoms with Crippen LogP contribution in [-0.2, 0) is 13.0 Å². The van der Waals surface area contributed by atoms with E-state index in [0.717, 1.165) is 55.3 Å². The molecule has 0 saturated carbocycles. The van der Waals surface area contributed by atoms with E-state index in [0.29, 0.717) is 18.2 Å². The summed E-state index contributed by atoms with van der Waals surface area (Å²) in [6, 6.07) is 24.9. The average Bonchev–Trinajstić information content (AvgIpc) is 2.84. The monoisotopic (exact) mass is 475 g/mol. The summed E-state index contributed by atoms with van der Waals surface area (Å²) < 4.78 is 0. The van der Waals surface area contributed by atoms with E-state index in [9.17, 15) is 4.79 Å². The molecule has 1 aliphatic heterocycles. The molecular formula is C29H34ClN3O.